The van der Waals surface area contributed by atoms with E-state index in [0.29, 0.717) is 13.0 Å². The number of carbonyl (C=O) groups is 1. The highest BCUT2D eigenvalue weighted by Gasteiger charge is 2.36. The van der Waals surface area contributed by atoms with E-state index in [1.165, 1.54) is 0 Å². The third kappa shape index (κ3) is 2.97. The summed E-state index contributed by atoms with van der Waals surface area (Å²) in [7, 11) is 3.55. The summed E-state index contributed by atoms with van der Waals surface area (Å²) in [6.45, 7) is 1.24. The van der Waals surface area contributed by atoms with Crippen LogP contribution in [0.4, 0.5) is 0 Å². The number of aromatic nitrogens is 2. The molecule has 0 N–H and O–H groups in total. The first kappa shape index (κ1) is 16.0. The van der Waals surface area contributed by atoms with Crippen LogP contribution < -0.4 is 9.47 Å². The van der Waals surface area contributed by atoms with Crippen LogP contribution in [0.3, 0.4) is 0 Å². The number of rotatable bonds is 3. The Balaban J connectivity index is 1.51. The molecule has 2 aliphatic heterocycles. The van der Waals surface area contributed by atoms with E-state index in [1.54, 1.807) is 11.8 Å². The zero-order chi connectivity index (χ0) is 17.4. The highest BCUT2D eigenvalue weighted by Crippen LogP contribution is 2.36. The average molecular weight is 341 g/mol. The van der Waals surface area contributed by atoms with E-state index in [0.717, 1.165) is 42.0 Å². The number of likely N-dealkylation sites (tertiary alicyclic amines) is 1. The summed E-state index contributed by atoms with van der Waals surface area (Å²) in [6, 6.07) is 5.95. The predicted octanol–water partition coefficient (Wildman–Crippen LogP) is 2.34. The molecule has 0 unspecified atom stereocenters. The van der Waals surface area contributed by atoms with Crippen LogP contribution in [0.1, 0.15) is 30.0 Å². The van der Waals surface area contributed by atoms with Crippen molar-refractivity contribution in [1.29, 1.82) is 0 Å². The van der Waals surface area contributed by atoms with Gasteiger partial charge in [-0.3, -0.25) is 9.48 Å². The minimum atomic E-state index is -0.127. The van der Waals surface area contributed by atoms with E-state index in [-0.39, 0.29) is 17.9 Å². The molecule has 1 saturated heterocycles. The van der Waals surface area contributed by atoms with Crippen molar-refractivity contribution in [1.82, 2.24) is 14.7 Å². The maximum atomic E-state index is 13.1. The van der Waals surface area contributed by atoms with Gasteiger partial charge in [0.2, 0.25) is 5.91 Å². The maximum absolute atomic E-state index is 13.1. The Hall–Kier alpha value is -2.50. The van der Waals surface area contributed by atoms with E-state index < -0.39 is 0 Å². The van der Waals surface area contributed by atoms with E-state index in [2.05, 4.69) is 5.10 Å². The molecule has 1 amide bonds. The zero-order valence-corrected chi connectivity index (χ0v) is 14.6. The van der Waals surface area contributed by atoms with Gasteiger partial charge < -0.3 is 14.4 Å². The molecule has 1 fully saturated rings. The molecule has 2 aliphatic rings. The van der Waals surface area contributed by atoms with Gasteiger partial charge in [0.1, 0.15) is 18.1 Å². The molecular formula is C19H23N3O3. The Morgan fingerprint density at radius 2 is 2.28 bits per heavy atom. The number of fused-ring (bicyclic) bond motifs is 1. The van der Waals surface area contributed by atoms with E-state index in [4.69, 9.17) is 9.47 Å². The molecule has 2 atom stereocenters. The fourth-order valence-electron chi connectivity index (χ4n) is 3.86. The van der Waals surface area contributed by atoms with Gasteiger partial charge in [-0.15, -0.1) is 0 Å². The smallest absolute Gasteiger partial charge is 0.229 e. The number of aryl methyl sites for hydroxylation is 1. The SMILES string of the molecule is COc1ccc2c(c1)OC[C@H](C(=O)N1CCC[C@H]1c1cnn(C)c1)C2. The molecule has 6 heteroatoms. The molecule has 0 saturated carbocycles. The molecule has 0 aliphatic carbocycles. The fourth-order valence-corrected chi connectivity index (χ4v) is 3.86. The van der Waals surface area contributed by atoms with Gasteiger partial charge in [0.15, 0.2) is 0 Å². The summed E-state index contributed by atoms with van der Waals surface area (Å²) >= 11 is 0. The normalized spacial score (nSPS) is 22.4. The number of amides is 1. The molecule has 1 aromatic heterocycles. The van der Waals surface area contributed by atoms with E-state index in [1.807, 2.05) is 42.5 Å². The minimum absolute atomic E-state index is 0.127. The molecule has 0 radical (unpaired) electrons. The van der Waals surface area contributed by atoms with Gasteiger partial charge in [0, 0.05) is 31.4 Å². The summed E-state index contributed by atoms with van der Waals surface area (Å²) in [5.74, 6) is 1.67. The average Bonchev–Trinajstić information content (AvgIpc) is 3.28. The Labute approximate surface area is 147 Å². The zero-order valence-electron chi connectivity index (χ0n) is 14.6. The fraction of sp³-hybridized carbons (Fsp3) is 0.474. The maximum Gasteiger partial charge on any atom is 0.229 e. The van der Waals surface area contributed by atoms with Gasteiger partial charge in [-0.25, -0.2) is 0 Å². The first-order chi connectivity index (χ1) is 12.2. The summed E-state index contributed by atoms with van der Waals surface area (Å²) in [4.78, 5) is 15.1. The minimum Gasteiger partial charge on any atom is -0.497 e. The molecular weight excluding hydrogens is 318 g/mol. The molecule has 2 aromatic rings. The molecule has 4 rings (SSSR count). The van der Waals surface area contributed by atoms with Crippen LogP contribution >= 0.6 is 0 Å². The van der Waals surface area contributed by atoms with Crippen LogP contribution in [0, 0.1) is 5.92 Å². The Morgan fingerprint density at radius 1 is 1.40 bits per heavy atom. The van der Waals surface area contributed by atoms with Gasteiger partial charge in [-0.1, -0.05) is 6.07 Å². The molecule has 0 spiro atoms. The Kier molecular flexibility index (Phi) is 4.11. The van der Waals surface area contributed by atoms with Crippen molar-refractivity contribution in [3.8, 4) is 11.5 Å². The first-order valence-electron chi connectivity index (χ1n) is 8.74. The number of ether oxygens (including phenoxy) is 2. The third-order valence-electron chi connectivity index (χ3n) is 5.18. The monoisotopic (exact) mass is 341 g/mol. The van der Waals surface area contributed by atoms with Crippen LogP contribution in [-0.2, 0) is 18.3 Å². The van der Waals surface area contributed by atoms with Crippen LogP contribution in [0.5, 0.6) is 11.5 Å². The molecule has 6 nitrogen and oxygen atoms in total. The second kappa shape index (κ2) is 6.43. The van der Waals surface area contributed by atoms with Gasteiger partial charge >= 0.3 is 0 Å². The second-order valence-electron chi connectivity index (χ2n) is 6.82. The number of carbonyl (C=O) groups excluding carboxylic acids is 1. The molecule has 132 valence electrons. The number of benzene rings is 1. The van der Waals surface area contributed by atoms with Crippen molar-refractivity contribution >= 4 is 5.91 Å². The lowest BCUT2D eigenvalue weighted by Crippen LogP contribution is -2.40. The Bertz CT molecular complexity index is 786. The van der Waals surface area contributed by atoms with Gasteiger partial charge in [-0.05, 0) is 30.9 Å². The van der Waals surface area contributed by atoms with Crippen LogP contribution in [0.15, 0.2) is 30.6 Å². The van der Waals surface area contributed by atoms with Crippen molar-refractivity contribution in [3.05, 3.63) is 41.7 Å². The molecule has 3 heterocycles. The van der Waals surface area contributed by atoms with Gasteiger partial charge in [-0.2, -0.15) is 5.10 Å². The van der Waals surface area contributed by atoms with Crippen molar-refractivity contribution < 1.29 is 14.3 Å². The highest BCUT2D eigenvalue weighted by atomic mass is 16.5. The number of nitrogens with zero attached hydrogens (tertiary/aromatic N) is 3. The predicted molar refractivity (Wildman–Crippen MR) is 92.6 cm³/mol. The lowest BCUT2D eigenvalue weighted by Gasteiger charge is -2.31. The number of hydrogen-bond acceptors (Lipinski definition) is 4. The van der Waals surface area contributed by atoms with E-state index in [9.17, 15) is 4.79 Å². The van der Waals surface area contributed by atoms with Gasteiger partial charge in [0.05, 0.1) is 25.3 Å². The summed E-state index contributed by atoms with van der Waals surface area (Å²) in [6.07, 6.45) is 6.63. The third-order valence-corrected chi connectivity index (χ3v) is 5.18. The van der Waals surface area contributed by atoms with Crippen LogP contribution in [0.2, 0.25) is 0 Å². The number of hydrogen-bond donors (Lipinski definition) is 0. The Morgan fingerprint density at radius 3 is 3.04 bits per heavy atom. The van der Waals surface area contributed by atoms with Crippen molar-refractivity contribution in [2.45, 2.75) is 25.3 Å². The summed E-state index contributed by atoms with van der Waals surface area (Å²) in [5.41, 5.74) is 2.19. The first-order valence-corrected chi connectivity index (χ1v) is 8.74. The topological polar surface area (TPSA) is 56.6 Å². The number of methoxy groups -OCH3 is 1. The van der Waals surface area contributed by atoms with Gasteiger partial charge in [0.25, 0.3) is 0 Å². The summed E-state index contributed by atoms with van der Waals surface area (Å²) in [5, 5.41) is 4.26. The van der Waals surface area contributed by atoms with E-state index >= 15 is 0 Å². The largest absolute Gasteiger partial charge is 0.497 e. The lowest BCUT2D eigenvalue weighted by atomic mass is 9.94. The summed E-state index contributed by atoms with van der Waals surface area (Å²) < 4.78 is 12.9. The highest BCUT2D eigenvalue weighted by molar-refractivity contribution is 5.80. The molecule has 0 bridgehead atoms. The van der Waals surface area contributed by atoms with Crippen LogP contribution in [0.25, 0.3) is 0 Å². The van der Waals surface area contributed by atoms with Crippen LogP contribution in [-0.4, -0.2) is 40.8 Å². The standard InChI is InChI=1S/C19H23N3O3/c1-21-11-15(10-20-21)17-4-3-7-22(17)19(23)14-8-13-5-6-16(24-2)9-18(13)25-12-14/h5-6,9-11,14,17H,3-4,7-8,12H2,1-2H3/t14-,17+/m1/s1. The van der Waals surface area contributed by atoms with Crippen molar-refractivity contribution in [3.63, 3.8) is 0 Å². The molecule has 25 heavy (non-hydrogen) atoms. The van der Waals surface area contributed by atoms with Crippen molar-refractivity contribution in [2.24, 2.45) is 13.0 Å². The second-order valence-corrected chi connectivity index (χ2v) is 6.82. The lowest BCUT2D eigenvalue weighted by molar-refractivity contribution is -0.137. The molecule has 1 aromatic carbocycles. The quantitative estimate of drug-likeness (QED) is 0.860. The van der Waals surface area contributed by atoms with Crippen molar-refractivity contribution in [2.75, 3.05) is 20.3 Å².